The van der Waals surface area contributed by atoms with Crippen LogP contribution in [0.15, 0.2) is 73.4 Å². The molecule has 2 aromatic carbocycles. The minimum absolute atomic E-state index is 0.0410. The average molecular weight is 425 g/mol. The van der Waals surface area contributed by atoms with E-state index in [9.17, 15) is 4.79 Å². The number of hydrogen-bond acceptors (Lipinski definition) is 9. The molecule has 11 nitrogen and oxygen atoms in total. The van der Waals surface area contributed by atoms with E-state index in [0.29, 0.717) is 16.7 Å². The number of benzene rings is 2. The van der Waals surface area contributed by atoms with Crippen molar-refractivity contribution in [2.45, 2.75) is 0 Å². The van der Waals surface area contributed by atoms with Crippen LogP contribution in [-0.4, -0.2) is 41.0 Å². The number of anilines is 2. The average Bonchev–Trinajstić information content (AvgIpc) is 3.23. The molecule has 156 valence electrons. The van der Waals surface area contributed by atoms with Crippen molar-refractivity contribution in [3.05, 3.63) is 79.0 Å². The van der Waals surface area contributed by atoms with E-state index in [0.717, 1.165) is 11.1 Å². The first-order valence-electron chi connectivity index (χ1n) is 9.45. The smallest absolute Gasteiger partial charge is 0.347 e. The van der Waals surface area contributed by atoms with Gasteiger partial charge in [-0.05, 0) is 35.0 Å². The highest BCUT2D eigenvalue weighted by Crippen LogP contribution is 2.25. The van der Waals surface area contributed by atoms with Crippen LogP contribution in [0.3, 0.4) is 0 Å². The van der Waals surface area contributed by atoms with E-state index in [1.807, 2.05) is 36.4 Å². The van der Waals surface area contributed by atoms with Crippen molar-refractivity contribution in [1.82, 2.24) is 35.1 Å². The molecule has 5 rings (SSSR count). The minimum Gasteiger partial charge on any atom is -0.365 e. The van der Waals surface area contributed by atoms with Crippen molar-refractivity contribution in [1.29, 1.82) is 0 Å². The molecule has 0 aliphatic carbocycles. The molecular weight excluding hydrogens is 410 g/mol. The minimum atomic E-state index is -0.683. The Kier molecular flexibility index (Phi) is 4.80. The van der Waals surface area contributed by atoms with Crippen LogP contribution in [0.1, 0.15) is 10.4 Å². The number of amides is 1. The summed E-state index contributed by atoms with van der Waals surface area (Å²) in [5.41, 5.74) is 9.31. The van der Waals surface area contributed by atoms with Crippen LogP contribution in [0.25, 0.3) is 22.2 Å². The number of carbonyl (C=O) groups excluding carboxylic acids is 1. The molecular formula is C21H15N9O2. The predicted octanol–water partition coefficient (Wildman–Crippen LogP) is 2.36. The maximum Gasteiger partial charge on any atom is 0.347 e. The van der Waals surface area contributed by atoms with Crippen molar-refractivity contribution in [3.8, 4) is 17.1 Å². The number of hydrogen-bond donors (Lipinski definition) is 2. The van der Waals surface area contributed by atoms with Crippen LogP contribution in [0.4, 0.5) is 11.5 Å². The Morgan fingerprint density at radius 1 is 1.00 bits per heavy atom. The zero-order chi connectivity index (χ0) is 21.9. The second kappa shape index (κ2) is 8.07. The molecule has 0 saturated carbocycles. The standard InChI is InChI=1S/C21H15N9O2/c22-19(31)16-11-25-21(32-30-18-7-2-1-6-17(18)28-29-30)27-20(16)26-15-5-3-4-13(8-15)14-9-23-12-24-10-14/h1-12H,(H2,22,31)(H,25,26,27). The van der Waals surface area contributed by atoms with E-state index >= 15 is 0 Å². The molecule has 0 aliphatic rings. The summed E-state index contributed by atoms with van der Waals surface area (Å²) in [6.07, 6.45) is 6.17. The van der Waals surface area contributed by atoms with Gasteiger partial charge >= 0.3 is 6.01 Å². The number of primary amides is 1. The third kappa shape index (κ3) is 3.77. The highest BCUT2D eigenvalue weighted by Gasteiger charge is 2.15. The zero-order valence-corrected chi connectivity index (χ0v) is 16.5. The van der Waals surface area contributed by atoms with E-state index < -0.39 is 5.91 Å². The lowest BCUT2D eigenvalue weighted by Crippen LogP contribution is -2.17. The Hall–Kier alpha value is -4.93. The third-order valence-electron chi connectivity index (χ3n) is 4.54. The maximum absolute atomic E-state index is 11.9. The van der Waals surface area contributed by atoms with Crippen molar-refractivity contribution < 1.29 is 9.63 Å². The number of fused-ring (bicyclic) bond motifs is 1. The SMILES string of the molecule is NC(=O)c1cnc(On2nnc3ccccc32)nc1Nc1cccc(-c2cncnc2)c1. The van der Waals surface area contributed by atoms with Gasteiger partial charge in [0.25, 0.3) is 5.91 Å². The number of para-hydroxylation sites is 1. The van der Waals surface area contributed by atoms with Crippen LogP contribution >= 0.6 is 0 Å². The van der Waals surface area contributed by atoms with E-state index in [4.69, 9.17) is 10.6 Å². The van der Waals surface area contributed by atoms with Gasteiger partial charge in [-0.25, -0.2) is 15.0 Å². The topological polar surface area (TPSA) is 147 Å². The Balaban J connectivity index is 1.47. The first kappa shape index (κ1) is 19.1. The van der Waals surface area contributed by atoms with Gasteiger partial charge in [0.2, 0.25) is 0 Å². The lowest BCUT2D eigenvalue weighted by atomic mass is 10.1. The van der Waals surface area contributed by atoms with Gasteiger partial charge in [-0.2, -0.15) is 4.98 Å². The molecule has 11 heteroatoms. The maximum atomic E-state index is 11.9. The van der Waals surface area contributed by atoms with Gasteiger partial charge in [0.1, 0.15) is 22.9 Å². The van der Waals surface area contributed by atoms with Crippen LogP contribution in [0.5, 0.6) is 6.01 Å². The predicted molar refractivity (Wildman–Crippen MR) is 115 cm³/mol. The third-order valence-corrected chi connectivity index (χ3v) is 4.54. The second-order valence-electron chi connectivity index (χ2n) is 6.65. The van der Waals surface area contributed by atoms with Crippen LogP contribution in [0.2, 0.25) is 0 Å². The largest absolute Gasteiger partial charge is 0.365 e. The molecule has 3 N–H and O–H groups in total. The fourth-order valence-corrected chi connectivity index (χ4v) is 3.04. The Morgan fingerprint density at radius 2 is 1.84 bits per heavy atom. The molecule has 0 atom stereocenters. The summed E-state index contributed by atoms with van der Waals surface area (Å²) in [7, 11) is 0. The summed E-state index contributed by atoms with van der Waals surface area (Å²) in [5.74, 6) is -0.494. The van der Waals surface area contributed by atoms with Crippen molar-refractivity contribution in [3.63, 3.8) is 0 Å². The van der Waals surface area contributed by atoms with E-state index in [2.05, 4.69) is 35.6 Å². The summed E-state index contributed by atoms with van der Waals surface area (Å²) >= 11 is 0. The van der Waals surface area contributed by atoms with E-state index in [1.54, 1.807) is 24.5 Å². The number of rotatable bonds is 6. The summed E-state index contributed by atoms with van der Waals surface area (Å²) < 4.78 is 0. The quantitative estimate of drug-likeness (QED) is 0.418. The Bertz CT molecular complexity index is 1420. The first-order chi connectivity index (χ1) is 15.7. The van der Waals surface area contributed by atoms with Gasteiger partial charge < -0.3 is 15.9 Å². The van der Waals surface area contributed by atoms with Crippen LogP contribution in [-0.2, 0) is 0 Å². The molecule has 0 bridgehead atoms. The fraction of sp³-hybridized carbons (Fsp3) is 0. The van der Waals surface area contributed by atoms with Gasteiger partial charge in [-0.3, -0.25) is 4.79 Å². The second-order valence-corrected chi connectivity index (χ2v) is 6.65. The highest BCUT2D eigenvalue weighted by molar-refractivity contribution is 5.98. The molecule has 32 heavy (non-hydrogen) atoms. The zero-order valence-electron chi connectivity index (χ0n) is 16.5. The van der Waals surface area contributed by atoms with Crippen LogP contribution in [0, 0.1) is 0 Å². The van der Waals surface area contributed by atoms with Gasteiger partial charge in [0.05, 0.1) is 0 Å². The number of nitrogens with one attached hydrogen (secondary N) is 1. The monoisotopic (exact) mass is 425 g/mol. The Labute approximate surface area is 180 Å². The molecule has 0 saturated heterocycles. The van der Waals surface area contributed by atoms with E-state index in [-0.39, 0.29) is 17.4 Å². The van der Waals surface area contributed by atoms with Crippen LogP contribution < -0.4 is 15.9 Å². The lowest BCUT2D eigenvalue weighted by Gasteiger charge is -2.11. The van der Waals surface area contributed by atoms with Crippen molar-refractivity contribution in [2.75, 3.05) is 5.32 Å². The van der Waals surface area contributed by atoms with Gasteiger partial charge in [-0.15, -0.1) is 5.10 Å². The molecule has 0 radical (unpaired) electrons. The summed E-state index contributed by atoms with van der Waals surface area (Å²) in [6.45, 7) is 0. The molecule has 0 fully saturated rings. The molecule has 3 aromatic heterocycles. The number of nitrogens with two attached hydrogens (primary N) is 1. The normalized spacial score (nSPS) is 10.8. The van der Waals surface area contributed by atoms with Gasteiger partial charge in [0.15, 0.2) is 5.82 Å². The Morgan fingerprint density at radius 3 is 2.69 bits per heavy atom. The summed E-state index contributed by atoms with van der Waals surface area (Å²) in [5, 5.41) is 11.1. The molecule has 5 aromatic rings. The summed E-state index contributed by atoms with van der Waals surface area (Å²) in [6, 6.07) is 14.7. The fourth-order valence-electron chi connectivity index (χ4n) is 3.04. The van der Waals surface area contributed by atoms with Gasteiger partial charge in [-0.1, -0.05) is 29.1 Å². The molecule has 3 heterocycles. The number of aromatic nitrogens is 7. The van der Waals surface area contributed by atoms with Gasteiger partial charge in [0, 0.05) is 29.8 Å². The summed E-state index contributed by atoms with van der Waals surface area (Å²) in [4.78, 5) is 35.2. The number of carbonyl (C=O) groups is 1. The number of nitrogens with zero attached hydrogens (tertiary/aromatic N) is 7. The van der Waals surface area contributed by atoms with Crippen molar-refractivity contribution in [2.24, 2.45) is 5.73 Å². The molecule has 1 amide bonds. The lowest BCUT2D eigenvalue weighted by molar-refractivity contribution is 0.1000. The highest BCUT2D eigenvalue weighted by atomic mass is 16.7. The van der Waals surface area contributed by atoms with Crippen molar-refractivity contribution >= 4 is 28.4 Å². The first-order valence-corrected chi connectivity index (χ1v) is 9.45. The molecule has 0 unspecified atom stereocenters. The van der Waals surface area contributed by atoms with E-state index in [1.165, 1.54) is 17.4 Å². The molecule has 0 spiro atoms. The molecule has 0 aliphatic heterocycles.